The molecule has 0 radical (unpaired) electrons. The zero-order chi connectivity index (χ0) is 18.4. The van der Waals surface area contributed by atoms with E-state index in [9.17, 15) is 14.4 Å². The van der Waals surface area contributed by atoms with Crippen molar-refractivity contribution in [3.05, 3.63) is 52.6 Å². The predicted molar refractivity (Wildman–Crippen MR) is 89.4 cm³/mol. The summed E-state index contributed by atoms with van der Waals surface area (Å²) >= 11 is 0. The van der Waals surface area contributed by atoms with E-state index < -0.39 is 5.97 Å². The molecule has 0 aliphatic rings. The van der Waals surface area contributed by atoms with Crippen molar-refractivity contribution in [1.29, 1.82) is 5.26 Å². The van der Waals surface area contributed by atoms with Crippen molar-refractivity contribution in [3.63, 3.8) is 0 Å². The smallest absolute Gasteiger partial charge is 0.348 e. The van der Waals surface area contributed by atoms with Gasteiger partial charge in [-0.05, 0) is 44.2 Å². The molecule has 25 heavy (non-hydrogen) atoms. The molecule has 130 valence electrons. The number of hydrogen-bond donors (Lipinski definition) is 0. The van der Waals surface area contributed by atoms with Gasteiger partial charge in [-0.15, -0.1) is 0 Å². The molecular weight excluding hydrogens is 325 g/mol. The van der Waals surface area contributed by atoms with Gasteiger partial charge in [0, 0.05) is 18.4 Å². The number of carbonyl (C=O) groups excluding carboxylic acids is 1. The third-order valence-corrected chi connectivity index (χ3v) is 3.57. The van der Waals surface area contributed by atoms with Crippen LogP contribution in [0.5, 0.6) is 0 Å². The average molecular weight is 343 g/mol. The van der Waals surface area contributed by atoms with Crippen LogP contribution in [-0.4, -0.2) is 36.1 Å². The summed E-state index contributed by atoms with van der Waals surface area (Å²) in [7, 11) is 1.49. The van der Waals surface area contributed by atoms with Crippen molar-refractivity contribution in [2.75, 3.05) is 20.3 Å². The number of rotatable bonds is 6. The van der Waals surface area contributed by atoms with E-state index in [0.717, 1.165) is 5.69 Å². The maximum atomic E-state index is 13.1. The summed E-state index contributed by atoms with van der Waals surface area (Å²) < 4.78 is 24.5. The summed E-state index contributed by atoms with van der Waals surface area (Å²) in [5.41, 5.74) is 2.56. The molecule has 0 saturated carbocycles. The second-order valence-electron chi connectivity index (χ2n) is 5.27. The largest absolute Gasteiger partial charge is 0.459 e. The lowest BCUT2D eigenvalue weighted by Gasteiger charge is -2.05. The van der Waals surface area contributed by atoms with Crippen LogP contribution in [0.3, 0.4) is 0 Å². The van der Waals surface area contributed by atoms with Crippen LogP contribution in [0.1, 0.15) is 17.0 Å². The molecule has 0 spiro atoms. The lowest BCUT2D eigenvalue weighted by molar-refractivity contribution is -0.139. The minimum atomic E-state index is -0.715. The van der Waals surface area contributed by atoms with E-state index in [1.165, 1.54) is 25.3 Å². The molecule has 0 N–H and O–H groups in total. The van der Waals surface area contributed by atoms with Gasteiger partial charge in [-0.3, -0.25) is 0 Å². The maximum Gasteiger partial charge on any atom is 0.348 e. The molecule has 0 aliphatic carbocycles. The molecule has 0 amide bonds. The van der Waals surface area contributed by atoms with Gasteiger partial charge in [-0.2, -0.15) is 10.4 Å². The number of halogens is 1. The summed E-state index contributed by atoms with van der Waals surface area (Å²) in [6.07, 6.45) is 1.45. The molecule has 0 bridgehead atoms. The lowest BCUT2D eigenvalue weighted by Crippen LogP contribution is -2.11. The topological polar surface area (TPSA) is 77.1 Å². The van der Waals surface area contributed by atoms with Gasteiger partial charge in [-0.1, -0.05) is 0 Å². The van der Waals surface area contributed by atoms with Crippen LogP contribution < -0.4 is 0 Å². The molecule has 1 aromatic heterocycles. The van der Waals surface area contributed by atoms with E-state index >= 15 is 0 Å². The highest BCUT2D eigenvalue weighted by Crippen LogP contribution is 2.21. The van der Waals surface area contributed by atoms with E-state index in [-0.39, 0.29) is 24.6 Å². The number of nitrogens with zero attached hydrogens (tertiary/aromatic N) is 3. The van der Waals surface area contributed by atoms with Gasteiger partial charge in [0.25, 0.3) is 0 Å². The molecular formula is C18H18FN3O3. The van der Waals surface area contributed by atoms with E-state index in [0.29, 0.717) is 16.9 Å². The van der Waals surface area contributed by atoms with E-state index in [1.807, 2.05) is 6.07 Å². The predicted octanol–water partition coefficient (Wildman–Crippen LogP) is 2.72. The van der Waals surface area contributed by atoms with Crippen molar-refractivity contribution in [2.45, 2.75) is 13.8 Å². The van der Waals surface area contributed by atoms with Gasteiger partial charge in [-0.25, -0.2) is 13.9 Å². The maximum absolute atomic E-state index is 13.1. The first-order valence-corrected chi connectivity index (χ1v) is 7.58. The molecule has 2 rings (SSSR count). The standard InChI is InChI=1S/C18H18FN3O3/c1-12-17(10-14(11-20)18(23)25-9-8-24-3)13(2)22(21-12)16-6-4-15(19)5-7-16/h4-7,10H,8-9H2,1-3H3/b14-10-. The van der Waals surface area contributed by atoms with Crippen molar-refractivity contribution in [3.8, 4) is 11.8 Å². The van der Waals surface area contributed by atoms with Gasteiger partial charge in [0.05, 0.1) is 18.0 Å². The number of aromatic nitrogens is 2. The van der Waals surface area contributed by atoms with Crippen LogP contribution in [0, 0.1) is 31.0 Å². The van der Waals surface area contributed by atoms with Crippen molar-refractivity contribution >= 4 is 12.0 Å². The number of nitriles is 1. The SMILES string of the molecule is COCCOC(=O)/C(C#N)=C\c1c(C)nn(-c2ccc(F)cc2)c1C. The van der Waals surface area contributed by atoms with Gasteiger partial charge in [0.15, 0.2) is 0 Å². The number of benzene rings is 1. The van der Waals surface area contributed by atoms with E-state index in [1.54, 1.807) is 30.7 Å². The normalized spacial score (nSPS) is 11.2. The van der Waals surface area contributed by atoms with Crippen LogP contribution in [0.4, 0.5) is 4.39 Å². The number of hydrogen-bond acceptors (Lipinski definition) is 5. The molecule has 2 aromatic rings. The van der Waals surface area contributed by atoms with Crippen LogP contribution in [0.25, 0.3) is 11.8 Å². The fourth-order valence-electron chi connectivity index (χ4n) is 2.27. The van der Waals surface area contributed by atoms with Crippen molar-refractivity contribution in [2.24, 2.45) is 0 Å². The van der Waals surface area contributed by atoms with Crippen LogP contribution in [0.15, 0.2) is 29.8 Å². The number of esters is 1. The molecule has 0 fully saturated rings. The van der Waals surface area contributed by atoms with Crippen molar-refractivity contribution in [1.82, 2.24) is 9.78 Å². The fraction of sp³-hybridized carbons (Fsp3) is 0.278. The Morgan fingerprint density at radius 3 is 2.60 bits per heavy atom. The second kappa shape index (κ2) is 8.22. The summed E-state index contributed by atoms with van der Waals surface area (Å²) in [6.45, 7) is 3.90. The summed E-state index contributed by atoms with van der Waals surface area (Å²) in [6, 6.07) is 7.74. The summed E-state index contributed by atoms with van der Waals surface area (Å²) in [5, 5.41) is 13.6. The highest BCUT2D eigenvalue weighted by atomic mass is 19.1. The van der Waals surface area contributed by atoms with Crippen molar-refractivity contribution < 1.29 is 18.7 Å². The molecule has 1 aromatic carbocycles. The third kappa shape index (κ3) is 4.31. The van der Waals surface area contributed by atoms with Crippen LogP contribution in [-0.2, 0) is 14.3 Å². The Bertz CT molecular complexity index is 832. The molecule has 0 atom stereocenters. The molecule has 0 saturated heterocycles. The number of ether oxygens (including phenoxy) is 2. The minimum Gasteiger partial charge on any atom is -0.459 e. The Hall–Kier alpha value is -2.98. The number of carbonyl (C=O) groups is 1. The van der Waals surface area contributed by atoms with Crippen LogP contribution >= 0.6 is 0 Å². The zero-order valence-electron chi connectivity index (χ0n) is 14.2. The first-order chi connectivity index (χ1) is 12.0. The number of methoxy groups -OCH3 is 1. The van der Waals surface area contributed by atoms with Gasteiger partial charge in [0.2, 0.25) is 0 Å². The first kappa shape index (κ1) is 18.4. The monoisotopic (exact) mass is 343 g/mol. The highest BCUT2D eigenvalue weighted by Gasteiger charge is 2.16. The zero-order valence-corrected chi connectivity index (χ0v) is 14.2. The average Bonchev–Trinajstić information content (AvgIpc) is 2.88. The fourth-order valence-corrected chi connectivity index (χ4v) is 2.27. The Morgan fingerprint density at radius 2 is 2.00 bits per heavy atom. The molecule has 7 heteroatoms. The first-order valence-electron chi connectivity index (χ1n) is 7.58. The molecule has 1 heterocycles. The molecule has 6 nitrogen and oxygen atoms in total. The van der Waals surface area contributed by atoms with Gasteiger partial charge in [0.1, 0.15) is 24.1 Å². The molecule has 0 unspecified atom stereocenters. The molecule has 0 aliphatic heterocycles. The third-order valence-electron chi connectivity index (χ3n) is 3.57. The highest BCUT2D eigenvalue weighted by molar-refractivity contribution is 5.98. The Kier molecular flexibility index (Phi) is 6.03. The van der Waals surface area contributed by atoms with Gasteiger partial charge < -0.3 is 9.47 Å². The Morgan fingerprint density at radius 1 is 1.32 bits per heavy atom. The summed E-state index contributed by atoms with van der Waals surface area (Å²) in [4.78, 5) is 12.0. The Balaban J connectivity index is 2.34. The quantitative estimate of drug-likeness (QED) is 0.349. The number of aryl methyl sites for hydroxylation is 1. The van der Waals surface area contributed by atoms with Gasteiger partial charge >= 0.3 is 5.97 Å². The van der Waals surface area contributed by atoms with Crippen LogP contribution in [0.2, 0.25) is 0 Å². The van der Waals surface area contributed by atoms with E-state index in [4.69, 9.17) is 9.47 Å². The lowest BCUT2D eigenvalue weighted by atomic mass is 10.1. The summed E-state index contributed by atoms with van der Waals surface area (Å²) in [5.74, 6) is -1.05. The Labute approximate surface area is 145 Å². The second-order valence-corrected chi connectivity index (χ2v) is 5.27. The minimum absolute atomic E-state index is 0.0706. The van der Waals surface area contributed by atoms with E-state index in [2.05, 4.69) is 5.10 Å².